The topological polar surface area (TPSA) is 20.2 Å². The smallest absolute Gasteiger partial charge is 0.123 e. The van der Waals surface area contributed by atoms with Crippen molar-refractivity contribution in [3.63, 3.8) is 0 Å². The fourth-order valence-corrected chi connectivity index (χ4v) is 2.27. The predicted octanol–water partition coefficient (Wildman–Crippen LogP) is 4.36. The van der Waals surface area contributed by atoms with E-state index in [2.05, 4.69) is 22.6 Å². The Kier molecular flexibility index (Phi) is 4.59. The molecule has 0 amide bonds. The third-order valence-corrected chi connectivity index (χ3v) is 3.76. The van der Waals surface area contributed by atoms with Crippen LogP contribution in [0.1, 0.15) is 17.2 Å². The molecule has 1 N–H and O–H groups in total. The van der Waals surface area contributed by atoms with Crippen molar-refractivity contribution >= 4 is 34.2 Å². The van der Waals surface area contributed by atoms with E-state index in [-0.39, 0.29) is 5.82 Å². The van der Waals surface area contributed by atoms with Crippen molar-refractivity contribution in [2.75, 3.05) is 0 Å². The summed E-state index contributed by atoms with van der Waals surface area (Å²) < 4.78 is 14.2. The minimum Gasteiger partial charge on any atom is -0.388 e. The lowest BCUT2D eigenvalue weighted by Gasteiger charge is -2.12. The second-order valence-electron chi connectivity index (χ2n) is 4.01. The van der Waals surface area contributed by atoms with Crippen molar-refractivity contribution in [2.45, 2.75) is 12.5 Å². The molecule has 0 spiro atoms. The van der Waals surface area contributed by atoms with Gasteiger partial charge in [0.25, 0.3) is 0 Å². The fourth-order valence-electron chi connectivity index (χ4n) is 1.71. The minimum absolute atomic E-state index is 0.303. The summed E-state index contributed by atoms with van der Waals surface area (Å²) in [6.45, 7) is 0. The number of hydrogen-bond acceptors (Lipinski definition) is 1. The van der Waals surface area contributed by atoms with Crippen molar-refractivity contribution in [1.29, 1.82) is 0 Å². The van der Waals surface area contributed by atoms with E-state index in [1.54, 1.807) is 0 Å². The van der Waals surface area contributed by atoms with Crippen molar-refractivity contribution in [3.8, 4) is 0 Å². The van der Waals surface area contributed by atoms with Crippen LogP contribution in [0.3, 0.4) is 0 Å². The molecule has 0 aliphatic rings. The maximum atomic E-state index is 13.1. The van der Waals surface area contributed by atoms with Crippen molar-refractivity contribution < 1.29 is 9.50 Å². The molecule has 1 unspecified atom stereocenters. The molecular weight excluding hydrogens is 366 g/mol. The summed E-state index contributed by atoms with van der Waals surface area (Å²) >= 11 is 8.17. The molecule has 94 valence electrons. The van der Waals surface area contributed by atoms with E-state index in [1.807, 2.05) is 24.3 Å². The molecule has 0 aliphatic heterocycles. The first-order valence-corrected chi connectivity index (χ1v) is 6.89. The Balaban J connectivity index is 2.18. The Hall–Kier alpha value is -0.650. The SMILES string of the molecule is OC(Cc1cc(F)ccc1Cl)c1ccc(I)cc1. The van der Waals surface area contributed by atoms with Gasteiger partial charge in [-0.2, -0.15) is 0 Å². The molecule has 1 atom stereocenters. The highest BCUT2D eigenvalue weighted by Gasteiger charge is 2.11. The number of rotatable bonds is 3. The van der Waals surface area contributed by atoms with Crippen LogP contribution in [-0.4, -0.2) is 5.11 Å². The van der Waals surface area contributed by atoms with Crippen molar-refractivity contribution in [2.24, 2.45) is 0 Å². The van der Waals surface area contributed by atoms with Crippen molar-refractivity contribution in [1.82, 2.24) is 0 Å². The van der Waals surface area contributed by atoms with Gasteiger partial charge < -0.3 is 5.11 Å². The maximum Gasteiger partial charge on any atom is 0.123 e. The van der Waals surface area contributed by atoms with Gasteiger partial charge in [-0.15, -0.1) is 0 Å². The molecule has 2 aromatic rings. The summed E-state index contributed by atoms with van der Waals surface area (Å²) in [5, 5.41) is 10.6. The molecule has 0 radical (unpaired) electrons. The summed E-state index contributed by atoms with van der Waals surface area (Å²) in [5.41, 5.74) is 1.42. The Labute approximate surface area is 124 Å². The molecule has 0 aliphatic carbocycles. The van der Waals surface area contributed by atoms with Gasteiger partial charge in [0.1, 0.15) is 5.82 Å². The highest BCUT2D eigenvalue weighted by molar-refractivity contribution is 14.1. The van der Waals surface area contributed by atoms with Crippen LogP contribution in [0.4, 0.5) is 4.39 Å². The molecule has 1 nitrogen and oxygen atoms in total. The van der Waals surface area contributed by atoms with E-state index in [0.717, 1.165) is 9.13 Å². The van der Waals surface area contributed by atoms with Crippen LogP contribution in [0.2, 0.25) is 5.02 Å². The largest absolute Gasteiger partial charge is 0.388 e. The molecule has 2 aromatic carbocycles. The molecular formula is C14H11ClFIO. The summed E-state index contributed by atoms with van der Waals surface area (Å²) in [5.74, 6) is -0.343. The van der Waals surface area contributed by atoms with E-state index in [4.69, 9.17) is 11.6 Å². The van der Waals surface area contributed by atoms with E-state index >= 15 is 0 Å². The highest BCUT2D eigenvalue weighted by atomic mass is 127. The Morgan fingerprint density at radius 1 is 1.17 bits per heavy atom. The molecule has 0 heterocycles. The van der Waals surface area contributed by atoms with Crippen LogP contribution in [0.5, 0.6) is 0 Å². The molecule has 2 rings (SSSR count). The van der Waals surface area contributed by atoms with Gasteiger partial charge in [-0.1, -0.05) is 23.7 Å². The highest BCUT2D eigenvalue weighted by Crippen LogP contribution is 2.24. The van der Waals surface area contributed by atoms with E-state index in [9.17, 15) is 9.50 Å². The van der Waals surface area contributed by atoms with Crippen LogP contribution in [0.15, 0.2) is 42.5 Å². The zero-order valence-corrected chi connectivity index (χ0v) is 12.3. The summed E-state index contributed by atoms with van der Waals surface area (Å²) in [6.07, 6.45) is -0.377. The summed E-state index contributed by atoms with van der Waals surface area (Å²) in [7, 11) is 0. The van der Waals surface area contributed by atoms with E-state index < -0.39 is 6.10 Å². The van der Waals surface area contributed by atoms with Crippen molar-refractivity contribution in [3.05, 3.63) is 68.0 Å². The van der Waals surface area contributed by atoms with Crippen LogP contribution >= 0.6 is 34.2 Å². The van der Waals surface area contributed by atoms with Gasteiger partial charge in [0.15, 0.2) is 0 Å². The molecule has 0 fully saturated rings. The molecule has 0 saturated carbocycles. The lowest BCUT2D eigenvalue weighted by Crippen LogP contribution is -2.02. The lowest BCUT2D eigenvalue weighted by atomic mass is 10.0. The average molecular weight is 377 g/mol. The first-order chi connectivity index (χ1) is 8.56. The Bertz CT molecular complexity index is 542. The van der Waals surface area contributed by atoms with Gasteiger partial charge in [-0.3, -0.25) is 0 Å². The first kappa shape index (κ1) is 13.8. The third-order valence-electron chi connectivity index (χ3n) is 2.68. The van der Waals surface area contributed by atoms with Gasteiger partial charge in [0, 0.05) is 15.0 Å². The number of halogens is 3. The standard InChI is InChI=1S/C14H11ClFIO/c15-13-6-3-11(16)7-10(13)8-14(18)9-1-4-12(17)5-2-9/h1-7,14,18H,8H2. The number of aliphatic hydroxyl groups is 1. The maximum absolute atomic E-state index is 13.1. The lowest BCUT2D eigenvalue weighted by molar-refractivity contribution is 0.178. The van der Waals surface area contributed by atoms with Gasteiger partial charge in [0.2, 0.25) is 0 Å². The van der Waals surface area contributed by atoms with Gasteiger partial charge in [-0.05, 0) is 64.0 Å². The third kappa shape index (κ3) is 3.43. The number of benzene rings is 2. The van der Waals surface area contributed by atoms with Crippen LogP contribution < -0.4 is 0 Å². The van der Waals surface area contributed by atoms with Gasteiger partial charge >= 0.3 is 0 Å². The average Bonchev–Trinajstić information content (AvgIpc) is 2.34. The van der Waals surface area contributed by atoms with Gasteiger partial charge in [-0.25, -0.2) is 4.39 Å². The number of hydrogen-bond donors (Lipinski definition) is 1. The van der Waals surface area contributed by atoms with Crippen LogP contribution in [-0.2, 0) is 6.42 Å². The molecule has 18 heavy (non-hydrogen) atoms. The normalized spacial score (nSPS) is 12.4. The van der Waals surface area contributed by atoms with E-state index in [1.165, 1.54) is 18.2 Å². The fraction of sp³-hybridized carbons (Fsp3) is 0.143. The summed E-state index contributed by atoms with van der Waals surface area (Å²) in [6, 6.07) is 11.7. The summed E-state index contributed by atoms with van der Waals surface area (Å²) in [4.78, 5) is 0. The van der Waals surface area contributed by atoms with Gasteiger partial charge in [0.05, 0.1) is 6.10 Å². The first-order valence-electron chi connectivity index (χ1n) is 5.44. The monoisotopic (exact) mass is 376 g/mol. The second-order valence-corrected chi connectivity index (χ2v) is 5.66. The molecule has 0 saturated heterocycles. The minimum atomic E-state index is -0.679. The van der Waals surface area contributed by atoms with Crippen LogP contribution in [0.25, 0.3) is 0 Å². The Morgan fingerprint density at radius 2 is 1.83 bits per heavy atom. The zero-order chi connectivity index (χ0) is 13.1. The van der Waals surface area contributed by atoms with Crippen LogP contribution in [0, 0.1) is 9.39 Å². The Morgan fingerprint density at radius 3 is 2.50 bits per heavy atom. The quantitative estimate of drug-likeness (QED) is 0.789. The molecule has 4 heteroatoms. The zero-order valence-electron chi connectivity index (χ0n) is 9.41. The van der Waals surface area contributed by atoms with E-state index in [0.29, 0.717) is 17.0 Å². The predicted molar refractivity (Wildman–Crippen MR) is 79.2 cm³/mol. The second kappa shape index (κ2) is 5.99. The molecule has 0 aromatic heterocycles. The number of aliphatic hydroxyl groups excluding tert-OH is 1. The molecule has 0 bridgehead atoms.